The number of hydrogen-bond donors (Lipinski definition) is 1. The molecule has 0 fully saturated rings. The molecule has 0 bridgehead atoms. The van der Waals surface area contributed by atoms with E-state index in [9.17, 15) is 5.11 Å². The third-order valence-electron chi connectivity index (χ3n) is 10.9. The Morgan fingerprint density at radius 2 is 1.31 bits per heavy atom. The zero-order valence-corrected chi connectivity index (χ0v) is 35.8. The maximum absolute atomic E-state index is 11.5. The minimum absolute atomic E-state index is 0.00764. The second-order valence-electron chi connectivity index (χ2n) is 17.5. The van der Waals surface area contributed by atoms with Gasteiger partial charge in [-0.3, -0.25) is 0 Å². The molecule has 0 radical (unpaired) electrons. The summed E-state index contributed by atoms with van der Waals surface area (Å²) in [5.41, 5.74) is 1.34. The van der Waals surface area contributed by atoms with E-state index in [2.05, 4.69) is 134 Å². The molecule has 48 heavy (non-hydrogen) atoms. The first kappa shape index (κ1) is 44.3. The van der Waals surface area contributed by atoms with Crippen LogP contribution >= 0.6 is 0 Å². The van der Waals surface area contributed by atoms with Crippen LogP contribution in [0.3, 0.4) is 0 Å². The fourth-order valence-corrected chi connectivity index (χ4v) is 8.73. The summed E-state index contributed by atoms with van der Waals surface area (Å²) in [4.78, 5) is 0. The van der Waals surface area contributed by atoms with Gasteiger partial charge in [0, 0.05) is 11.8 Å². The standard InChI is InChI=1S/C42H74O4Si2/c1-18-19-24-32(3)38(43)36(7)40(46-48(16,17)42(11,12)13)35(6)30-31(2)29-34(5)39(45-47(14,15)41(8,9)10)33(4)25-23-28-44-37-26-21-20-22-27-37/h18-27,29,32-36,38-40,43H,1,28,30H2,2-17H3/b24-19-,25-23-,31-29-/t32-,33-,34-,35-,36+,38-,39-,40+/m0/s1. The Hall–Kier alpha value is -1.71. The van der Waals surface area contributed by atoms with E-state index in [1.165, 1.54) is 5.57 Å². The molecule has 0 saturated heterocycles. The minimum Gasteiger partial charge on any atom is -0.490 e. The van der Waals surface area contributed by atoms with Gasteiger partial charge in [0.1, 0.15) is 12.4 Å². The molecule has 0 amide bonds. The molecular formula is C42H74O4Si2. The second-order valence-corrected chi connectivity index (χ2v) is 27.0. The summed E-state index contributed by atoms with van der Waals surface area (Å²) in [6, 6.07) is 9.96. The molecule has 1 aromatic carbocycles. The Kier molecular flexibility index (Phi) is 17.6. The van der Waals surface area contributed by atoms with Gasteiger partial charge in [-0.25, -0.2) is 0 Å². The zero-order chi connectivity index (χ0) is 37.1. The number of para-hydroxylation sites is 1. The quantitative estimate of drug-likeness (QED) is 0.0887. The predicted octanol–water partition coefficient (Wildman–Crippen LogP) is 12.0. The fourth-order valence-electron chi connectivity index (χ4n) is 5.79. The summed E-state index contributed by atoms with van der Waals surface area (Å²) < 4.78 is 20.3. The van der Waals surface area contributed by atoms with Crippen molar-refractivity contribution in [2.75, 3.05) is 6.61 Å². The van der Waals surface area contributed by atoms with Crippen molar-refractivity contribution in [3.63, 3.8) is 0 Å². The molecule has 0 aromatic heterocycles. The molecular weight excluding hydrogens is 625 g/mol. The van der Waals surface area contributed by atoms with Crippen LogP contribution in [-0.2, 0) is 8.85 Å². The Morgan fingerprint density at radius 1 is 0.792 bits per heavy atom. The highest BCUT2D eigenvalue weighted by molar-refractivity contribution is 6.74. The first-order chi connectivity index (χ1) is 21.9. The highest BCUT2D eigenvalue weighted by Gasteiger charge is 2.43. The number of ether oxygens (including phenoxy) is 1. The minimum atomic E-state index is -2.10. The molecule has 0 aliphatic carbocycles. The van der Waals surface area contributed by atoms with Crippen LogP contribution in [0, 0.1) is 29.6 Å². The smallest absolute Gasteiger partial charge is 0.192 e. The summed E-state index contributed by atoms with van der Waals surface area (Å²) >= 11 is 0. The van der Waals surface area contributed by atoms with Gasteiger partial charge in [0.2, 0.25) is 0 Å². The van der Waals surface area contributed by atoms with Gasteiger partial charge in [0.25, 0.3) is 0 Å². The van der Waals surface area contributed by atoms with E-state index < -0.39 is 22.7 Å². The number of rotatable bonds is 19. The lowest BCUT2D eigenvalue weighted by Gasteiger charge is -2.44. The molecule has 0 saturated carbocycles. The fraction of sp³-hybridized carbons (Fsp3) is 0.667. The molecule has 0 spiro atoms. The normalized spacial score (nSPS) is 19.1. The van der Waals surface area contributed by atoms with Gasteiger partial charge in [0.05, 0.1) is 18.3 Å². The highest BCUT2D eigenvalue weighted by atomic mass is 28.4. The molecule has 0 unspecified atom stereocenters. The number of hydrogen-bond acceptors (Lipinski definition) is 4. The van der Waals surface area contributed by atoms with Crippen molar-refractivity contribution in [2.24, 2.45) is 29.6 Å². The monoisotopic (exact) mass is 699 g/mol. The van der Waals surface area contributed by atoms with Crippen LogP contribution in [-0.4, -0.2) is 46.7 Å². The molecule has 8 atom stereocenters. The molecule has 0 heterocycles. The first-order valence-electron chi connectivity index (χ1n) is 18.3. The molecule has 1 aromatic rings. The summed E-state index contributed by atoms with van der Waals surface area (Å²) in [5, 5.41) is 11.7. The molecule has 1 rings (SSSR count). The van der Waals surface area contributed by atoms with E-state index in [1.54, 1.807) is 6.08 Å². The highest BCUT2D eigenvalue weighted by Crippen LogP contribution is 2.42. The Bertz CT molecular complexity index is 1170. The van der Waals surface area contributed by atoms with E-state index in [-0.39, 0.29) is 51.9 Å². The lowest BCUT2D eigenvalue weighted by atomic mass is 9.81. The Balaban J connectivity index is 3.33. The summed E-state index contributed by atoms with van der Waals surface area (Å²) in [7, 11) is -4.13. The first-order valence-corrected chi connectivity index (χ1v) is 24.1. The van der Waals surface area contributed by atoms with Gasteiger partial charge >= 0.3 is 0 Å². The maximum Gasteiger partial charge on any atom is 0.192 e. The number of benzene rings is 1. The average Bonchev–Trinajstić information content (AvgIpc) is 2.97. The SMILES string of the molecule is C=C/C=C\[C@H](C)[C@H](O)[C@@H](C)[C@H](O[Si](C)(C)C(C)(C)C)[C@@H](C)C/C(C)=C\[C@H](C)[C@@H](O[Si](C)(C)C(C)(C)C)[C@@H](C)/C=C\COc1ccccc1. The largest absolute Gasteiger partial charge is 0.490 e. The van der Waals surface area contributed by atoms with Crippen LogP contribution in [0.15, 0.2) is 78.9 Å². The lowest BCUT2D eigenvalue weighted by Crippen LogP contribution is -2.49. The van der Waals surface area contributed by atoms with Crippen LogP contribution in [0.2, 0.25) is 36.3 Å². The molecule has 274 valence electrons. The summed E-state index contributed by atoms with van der Waals surface area (Å²) in [6.07, 6.45) is 12.9. The van der Waals surface area contributed by atoms with E-state index >= 15 is 0 Å². The van der Waals surface area contributed by atoms with E-state index in [0.29, 0.717) is 6.61 Å². The third kappa shape index (κ3) is 13.9. The zero-order valence-electron chi connectivity index (χ0n) is 33.8. The molecule has 0 aliphatic rings. The maximum atomic E-state index is 11.5. The van der Waals surface area contributed by atoms with E-state index in [1.807, 2.05) is 42.5 Å². The predicted molar refractivity (Wildman–Crippen MR) is 215 cm³/mol. The van der Waals surface area contributed by atoms with Crippen LogP contribution in [0.25, 0.3) is 0 Å². The van der Waals surface area contributed by atoms with Crippen LogP contribution < -0.4 is 4.74 Å². The van der Waals surface area contributed by atoms with Gasteiger partial charge in [0.15, 0.2) is 16.6 Å². The van der Waals surface area contributed by atoms with Crippen LogP contribution in [0.1, 0.15) is 89.5 Å². The summed E-state index contributed by atoms with van der Waals surface area (Å²) in [5.74, 6) is 1.52. The number of aliphatic hydroxyl groups is 1. The van der Waals surface area contributed by atoms with Crippen molar-refractivity contribution >= 4 is 16.6 Å². The van der Waals surface area contributed by atoms with Crippen molar-refractivity contribution in [3.8, 4) is 5.75 Å². The molecule has 1 N–H and O–H groups in total. The van der Waals surface area contributed by atoms with Crippen molar-refractivity contribution in [2.45, 2.75) is 144 Å². The Labute approximate surface area is 299 Å². The van der Waals surface area contributed by atoms with Crippen molar-refractivity contribution in [1.29, 1.82) is 0 Å². The van der Waals surface area contributed by atoms with E-state index in [0.717, 1.165) is 12.2 Å². The van der Waals surface area contributed by atoms with E-state index in [4.69, 9.17) is 13.6 Å². The number of aliphatic hydroxyl groups excluding tert-OH is 1. The van der Waals surface area contributed by atoms with Crippen molar-refractivity contribution < 1.29 is 18.7 Å². The Morgan fingerprint density at radius 3 is 1.81 bits per heavy atom. The molecule has 6 heteroatoms. The van der Waals surface area contributed by atoms with Gasteiger partial charge in [-0.1, -0.05) is 143 Å². The van der Waals surface area contributed by atoms with Crippen molar-refractivity contribution in [1.82, 2.24) is 0 Å². The summed E-state index contributed by atoms with van der Waals surface area (Å²) in [6.45, 7) is 40.8. The average molecular weight is 699 g/mol. The third-order valence-corrected chi connectivity index (χ3v) is 19.9. The van der Waals surface area contributed by atoms with Gasteiger partial charge in [-0.15, -0.1) is 0 Å². The number of allylic oxidation sites excluding steroid dienone is 3. The van der Waals surface area contributed by atoms with Crippen LogP contribution in [0.4, 0.5) is 0 Å². The second kappa shape index (κ2) is 19.1. The topological polar surface area (TPSA) is 47.9 Å². The molecule has 0 aliphatic heterocycles. The van der Waals surface area contributed by atoms with Gasteiger partial charge < -0.3 is 18.7 Å². The van der Waals surface area contributed by atoms with Crippen molar-refractivity contribution in [3.05, 3.63) is 78.9 Å². The molecule has 4 nitrogen and oxygen atoms in total. The van der Waals surface area contributed by atoms with Gasteiger partial charge in [-0.05, 0) is 79.5 Å². The lowest BCUT2D eigenvalue weighted by molar-refractivity contribution is -0.0133. The van der Waals surface area contributed by atoms with Gasteiger partial charge in [-0.2, -0.15) is 0 Å². The van der Waals surface area contributed by atoms with Crippen LogP contribution in [0.5, 0.6) is 5.75 Å².